The molecule has 0 atom stereocenters. The van der Waals surface area contributed by atoms with Crippen LogP contribution in [0.5, 0.6) is 5.75 Å². The van der Waals surface area contributed by atoms with Crippen LogP contribution in [0, 0.1) is 11.3 Å². The largest absolute Gasteiger partial charge is 1.00 e. The average molecular weight is 143 g/mol. The molecule has 3 heteroatoms. The fourth-order valence-corrected chi connectivity index (χ4v) is 0.536. The molecular formula is C7H6NNaO. The molecule has 1 N–H and O–H groups in total. The van der Waals surface area contributed by atoms with Crippen molar-refractivity contribution in [3.63, 3.8) is 0 Å². The van der Waals surface area contributed by atoms with Gasteiger partial charge in [-0.15, -0.1) is 0 Å². The Labute approximate surface area is 82.9 Å². The first-order valence-electron chi connectivity index (χ1n) is 2.52. The Balaban J connectivity index is 0. The van der Waals surface area contributed by atoms with Crippen LogP contribution in [0.4, 0.5) is 0 Å². The number of hydrogen-bond donors (Lipinski definition) is 1. The number of phenolic OH excluding ortho intramolecular Hbond substituents is 1. The number of nitriles is 1. The minimum atomic E-state index is 0. The predicted molar refractivity (Wildman–Crippen MR) is 33.9 cm³/mol. The maximum absolute atomic E-state index is 8.74. The number of aromatic hydroxyl groups is 1. The van der Waals surface area contributed by atoms with Crippen molar-refractivity contribution >= 4 is 0 Å². The summed E-state index contributed by atoms with van der Waals surface area (Å²) >= 11 is 0. The number of hydrogen-bond acceptors (Lipinski definition) is 2. The molecule has 0 aliphatic heterocycles. The van der Waals surface area contributed by atoms with Gasteiger partial charge in [0.2, 0.25) is 0 Å². The predicted octanol–water partition coefficient (Wildman–Crippen LogP) is -1.62. The van der Waals surface area contributed by atoms with E-state index in [4.69, 9.17) is 10.4 Å². The molecule has 0 saturated heterocycles. The molecule has 0 bridgehead atoms. The summed E-state index contributed by atoms with van der Waals surface area (Å²) in [5.74, 6) is 0.189. The van der Waals surface area contributed by atoms with Gasteiger partial charge in [0.15, 0.2) is 0 Å². The van der Waals surface area contributed by atoms with Crippen LogP contribution in [0.2, 0.25) is 0 Å². The van der Waals surface area contributed by atoms with Gasteiger partial charge in [-0.1, -0.05) is 0 Å². The standard InChI is InChI=1S/C7H5NO.Na.H/c8-5-6-1-3-7(9)4-2-6;;/h1-4,9H;;/q;+1;-1. The van der Waals surface area contributed by atoms with Crippen LogP contribution < -0.4 is 29.6 Å². The van der Waals surface area contributed by atoms with Crippen molar-refractivity contribution in [3.8, 4) is 11.8 Å². The van der Waals surface area contributed by atoms with E-state index in [0.717, 1.165) is 0 Å². The van der Waals surface area contributed by atoms with Crippen molar-refractivity contribution in [1.82, 2.24) is 0 Å². The smallest absolute Gasteiger partial charge is 1.00 e. The molecule has 1 rings (SSSR count). The van der Waals surface area contributed by atoms with Gasteiger partial charge in [-0.05, 0) is 24.3 Å². The number of benzene rings is 1. The minimum Gasteiger partial charge on any atom is -1.00 e. The van der Waals surface area contributed by atoms with Crippen LogP contribution in [-0.2, 0) is 0 Å². The molecule has 0 aliphatic carbocycles. The zero-order valence-corrected chi connectivity index (χ0v) is 7.70. The molecule has 2 nitrogen and oxygen atoms in total. The summed E-state index contributed by atoms with van der Waals surface area (Å²) in [5, 5.41) is 17.0. The van der Waals surface area contributed by atoms with E-state index in [0.29, 0.717) is 5.56 Å². The normalized spacial score (nSPS) is 7.50. The van der Waals surface area contributed by atoms with Crippen molar-refractivity contribution in [2.75, 3.05) is 0 Å². The molecule has 0 heterocycles. The summed E-state index contributed by atoms with van der Waals surface area (Å²) in [4.78, 5) is 0. The zero-order chi connectivity index (χ0) is 6.69. The molecule has 0 spiro atoms. The van der Waals surface area contributed by atoms with Crippen LogP contribution in [0.25, 0.3) is 0 Å². The molecule has 0 fully saturated rings. The van der Waals surface area contributed by atoms with E-state index in [2.05, 4.69) is 0 Å². The molecule has 1 aromatic rings. The topological polar surface area (TPSA) is 44.0 Å². The molecular weight excluding hydrogens is 137 g/mol. The Hall–Kier alpha value is -0.490. The summed E-state index contributed by atoms with van der Waals surface area (Å²) in [5.41, 5.74) is 0.563. The summed E-state index contributed by atoms with van der Waals surface area (Å²) in [6, 6.07) is 8.04. The van der Waals surface area contributed by atoms with E-state index >= 15 is 0 Å². The first kappa shape index (κ1) is 9.51. The van der Waals surface area contributed by atoms with Gasteiger partial charge in [0.25, 0.3) is 0 Å². The maximum Gasteiger partial charge on any atom is 1.00 e. The van der Waals surface area contributed by atoms with Gasteiger partial charge in [-0.25, -0.2) is 0 Å². The third kappa shape index (κ3) is 2.40. The monoisotopic (exact) mass is 143 g/mol. The number of phenols is 1. The second kappa shape index (κ2) is 4.35. The van der Waals surface area contributed by atoms with E-state index in [1.165, 1.54) is 12.1 Å². The SMILES string of the molecule is N#Cc1ccc(O)cc1.[H-].[Na+]. The fourth-order valence-electron chi connectivity index (χ4n) is 0.536. The zero-order valence-electron chi connectivity index (χ0n) is 6.70. The van der Waals surface area contributed by atoms with E-state index in [1.807, 2.05) is 6.07 Å². The summed E-state index contributed by atoms with van der Waals surface area (Å²) in [7, 11) is 0. The second-order valence-corrected chi connectivity index (χ2v) is 1.66. The second-order valence-electron chi connectivity index (χ2n) is 1.66. The van der Waals surface area contributed by atoms with Crippen LogP contribution in [0.1, 0.15) is 6.99 Å². The van der Waals surface area contributed by atoms with Gasteiger partial charge >= 0.3 is 29.6 Å². The van der Waals surface area contributed by atoms with Crippen molar-refractivity contribution in [3.05, 3.63) is 29.8 Å². The minimum absolute atomic E-state index is 0. The van der Waals surface area contributed by atoms with Gasteiger partial charge in [0.1, 0.15) is 5.75 Å². The molecule has 1 aromatic carbocycles. The average Bonchev–Trinajstić information content (AvgIpc) is 1.90. The molecule has 0 radical (unpaired) electrons. The Morgan fingerprint density at radius 2 is 1.80 bits per heavy atom. The quantitative estimate of drug-likeness (QED) is 0.443. The number of nitrogens with zero attached hydrogens (tertiary/aromatic N) is 1. The van der Waals surface area contributed by atoms with Crippen LogP contribution >= 0.6 is 0 Å². The summed E-state index contributed by atoms with van der Waals surface area (Å²) < 4.78 is 0. The van der Waals surface area contributed by atoms with E-state index in [9.17, 15) is 0 Å². The Morgan fingerprint density at radius 3 is 2.20 bits per heavy atom. The maximum atomic E-state index is 8.74. The van der Waals surface area contributed by atoms with E-state index in [1.54, 1.807) is 12.1 Å². The first-order chi connectivity index (χ1) is 4.33. The molecule has 46 valence electrons. The number of rotatable bonds is 0. The van der Waals surface area contributed by atoms with Gasteiger partial charge in [0, 0.05) is 0 Å². The van der Waals surface area contributed by atoms with Crippen molar-refractivity contribution < 1.29 is 36.1 Å². The third-order valence-electron chi connectivity index (χ3n) is 0.996. The van der Waals surface area contributed by atoms with Gasteiger partial charge in [0.05, 0.1) is 11.6 Å². The molecule has 0 unspecified atom stereocenters. The van der Waals surface area contributed by atoms with Crippen molar-refractivity contribution in [2.45, 2.75) is 0 Å². The Kier molecular flexibility index (Phi) is 4.13. The molecule has 0 saturated carbocycles. The van der Waals surface area contributed by atoms with Crippen LogP contribution in [0.15, 0.2) is 24.3 Å². The van der Waals surface area contributed by atoms with Gasteiger partial charge in [-0.2, -0.15) is 5.26 Å². The Morgan fingerprint density at radius 1 is 1.30 bits per heavy atom. The van der Waals surface area contributed by atoms with E-state index < -0.39 is 0 Å². The van der Waals surface area contributed by atoms with Crippen molar-refractivity contribution in [2.24, 2.45) is 0 Å². The van der Waals surface area contributed by atoms with Gasteiger partial charge in [-0.3, -0.25) is 0 Å². The van der Waals surface area contributed by atoms with Gasteiger partial charge < -0.3 is 6.53 Å². The van der Waals surface area contributed by atoms with Crippen molar-refractivity contribution in [1.29, 1.82) is 5.26 Å². The van der Waals surface area contributed by atoms with Crippen LogP contribution in [-0.4, -0.2) is 5.11 Å². The first-order valence-corrected chi connectivity index (χ1v) is 2.52. The van der Waals surface area contributed by atoms with Crippen LogP contribution in [0.3, 0.4) is 0 Å². The Bertz CT molecular complexity index is 242. The third-order valence-corrected chi connectivity index (χ3v) is 0.996. The fraction of sp³-hybridized carbons (Fsp3) is 0. The summed E-state index contributed by atoms with van der Waals surface area (Å²) in [6.07, 6.45) is 0. The van der Waals surface area contributed by atoms with E-state index in [-0.39, 0.29) is 36.7 Å². The molecule has 0 aliphatic rings. The molecule has 10 heavy (non-hydrogen) atoms. The molecule has 0 aromatic heterocycles. The molecule has 0 amide bonds. The summed E-state index contributed by atoms with van der Waals surface area (Å²) in [6.45, 7) is 0.